The van der Waals surface area contributed by atoms with Gasteiger partial charge in [-0.25, -0.2) is 4.98 Å². The lowest BCUT2D eigenvalue weighted by Crippen LogP contribution is -2.30. The summed E-state index contributed by atoms with van der Waals surface area (Å²) >= 11 is 0. The summed E-state index contributed by atoms with van der Waals surface area (Å²) in [4.78, 5) is 18.8. The Hall–Kier alpha value is -1.04. The molecule has 3 rings (SSSR count). The molecule has 142 valence electrons. The van der Waals surface area contributed by atoms with Crippen molar-refractivity contribution in [3.63, 3.8) is 0 Å². The van der Waals surface area contributed by atoms with Crippen LogP contribution in [-0.2, 0) is 11.3 Å². The molecule has 0 aromatic carbocycles. The van der Waals surface area contributed by atoms with Crippen LogP contribution in [0.1, 0.15) is 44.1 Å². The number of nitrogens with one attached hydrogen (secondary N) is 2. The number of aromatic nitrogens is 1. The van der Waals surface area contributed by atoms with Gasteiger partial charge in [0.05, 0.1) is 0 Å². The Morgan fingerprint density at radius 2 is 2.04 bits per heavy atom. The zero-order valence-electron chi connectivity index (χ0n) is 14.7. The molecule has 0 saturated carbocycles. The zero-order valence-corrected chi connectivity index (χ0v) is 16.3. The number of anilines is 1. The van der Waals surface area contributed by atoms with Gasteiger partial charge in [0.2, 0.25) is 5.91 Å². The summed E-state index contributed by atoms with van der Waals surface area (Å²) in [6, 6.07) is 4.16. The van der Waals surface area contributed by atoms with Crippen molar-refractivity contribution in [3.8, 4) is 0 Å². The summed E-state index contributed by atoms with van der Waals surface area (Å²) in [5, 5.41) is 6.35. The average Bonchev–Trinajstić information content (AvgIpc) is 3.13. The molecule has 2 saturated heterocycles. The zero-order chi connectivity index (χ0) is 15.9. The van der Waals surface area contributed by atoms with E-state index in [1.165, 1.54) is 25.7 Å². The van der Waals surface area contributed by atoms with Gasteiger partial charge < -0.3 is 15.5 Å². The normalized spacial score (nSPS) is 19.7. The molecular formula is C18H30Cl2N4O. The van der Waals surface area contributed by atoms with Crippen LogP contribution in [0.5, 0.6) is 0 Å². The van der Waals surface area contributed by atoms with E-state index in [0.29, 0.717) is 18.9 Å². The van der Waals surface area contributed by atoms with Gasteiger partial charge in [0.1, 0.15) is 5.82 Å². The SMILES string of the molecule is Cl.Cl.O=C(CCC1CCNC1)NCc1ccc(N2CCCCC2)nc1. The van der Waals surface area contributed by atoms with E-state index in [4.69, 9.17) is 0 Å². The predicted molar refractivity (Wildman–Crippen MR) is 107 cm³/mol. The molecule has 3 heterocycles. The number of halogens is 2. The maximum atomic E-state index is 11.9. The highest BCUT2D eigenvalue weighted by Gasteiger charge is 2.15. The summed E-state index contributed by atoms with van der Waals surface area (Å²) in [5.74, 6) is 1.89. The topological polar surface area (TPSA) is 57.3 Å². The summed E-state index contributed by atoms with van der Waals surface area (Å²) in [6.07, 6.45) is 8.57. The van der Waals surface area contributed by atoms with Gasteiger partial charge in [-0.15, -0.1) is 24.8 Å². The molecule has 25 heavy (non-hydrogen) atoms. The lowest BCUT2D eigenvalue weighted by atomic mass is 10.0. The molecule has 1 atom stereocenters. The Bertz CT molecular complexity index is 500. The number of amides is 1. The van der Waals surface area contributed by atoms with E-state index < -0.39 is 0 Å². The molecule has 1 aromatic heterocycles. The van der Waals surface area contributed by atoms with Gasteiger partial charge in [-0.05, 0) is 62.7 Å². The van der Waals surface area contributed by atoms with E-state index in [1.54, 1.807) is 0 Å². The highest BCUT2D eigenvalue weighted by atomic mass is 35.5. The molecule has 0 radical (unpaired) electrons. The molecule has 1 amide bonds. The molecular weight excluding hydrogens is 359 g/mol. The third kappa shape index (κ3) is 7.00. The summed E-state index contributed by atoms with van der Waals surface area (Å²) in [7, 11) is 0. The van der Waals surface area contributed by atoms with Crippen LogP contribution in [0.3, 0.4) is 0 Å². The second kappa shape index (κ2) is 11.6. The highest BCUT2D eigenvalue weighted by molar-refractivity contribution is 5.85. The minimum absolute atomic E-state index is 0. The van der Waals surface area contributed by atoms with Gasteiger partial charge in [0.25, 0.3) is 0 Å². The number of pyridine rings is 1. The van der Waals surface area contributed by atoms with E-state index in [9.17, 15) is 4.79 Å². The molecule has 1 aromatic rings. The van der Waals surface area contributed by atoms with Crippen molar-refractivity contribution in [1.82, 2.24) is 15.6 Å². The van der Waals surface area contributed by atoms with Crippen LogP contribution in [-0.4, -0.2) is 37.1 Å². The summed E-state index contributed by atoms with van der Waals surface area (Å²) in [6.45, 7) is 4.96. The van der Waals surface area contributed by atoms with Crippen LogP contribution in [0.25, 0.3) is 0 Å². The second-order valence-electron chi connectivity index (χ2n) is 6.75. The standard InChI is InChI=1S/C18H28N4O.2ClH/c23-18(7-5-15-8-9-19-12-15)21-14-16-4-6-17(20-13-16)22-10-2-1-3-11-22;;/h4,6,13,15,19H,1-3,5,7-12,14H2,(H,21,23);2*1H. The lowest BCUT2D eigenvalue weighted by molar-refractivity contribution is -0.121. The smallest absolute Gasteiger partial charge is 0.220 e. The first kappa shape index (κ1) is 22.0. The Kier molecular flexibility index (Phi) is 10.2. The van der Waals surface area contributed by atoms with Gasteiger partial charge >= 0.3 is 0 Å². The van der Waals surface area contributed by atoms with Crippen LogP contribution in [0.4, 0.5) is 5.82 Å². The quantitative estimate of drug-likeness (QED) is 0.786. The number of rotatable bonds is 6. The molecule has 7 heteroatoms. The number of carbonyl (C=O) groups is 1. The van der Waals surface area contributed by atoms with E-state index in [0.717, 1.165) is 44.0 Å². The lowest BCUT2D eigenvalue weighted by Gasteiger charge is -2.27. The van der Waals surface area contributed by atoms with Gasteiger partial charge in [0.15, 0.2) is 0 Å². The fourth-order valence-corrected chi connectivity index (χ4v) is 3.42. The van der Waals surface area contributed by atoms with Crippen molar-refractivity contribution < 1.29 is 4.79 Å². The highest BCUT2D eigenvalue weighted by Crippen LogP contribution is 2.17. The van der Waals surface area contributed by atoms with Crippen LogP contribution < -0.4 is 15.5 Å². The van der Waals surface area contributed by atoms with Crippen LogP contribution in [0, 0.1) is 5.92 Å². The molecule has 5 nitrogen and oxygen atoms in total. The average molecular weight is 389 g/mol. The van der Waals surface area contributed by atoms with Crippen molar-refractivity contribution in [2.75, 3.05) is 31.1 Å². The number of carbonyl (C=O) groups excluding carboxylic acids is 1. The number of hydrogen-bond acceptors (Lipinski definition) is 4. The van der Waals surface area contributed by atoms with Gasteiger partial charge in [-0.1, -0.05) is 6.07 Å². The van der Waals surface area contributed by atoms with Gasteiger partial charge in [0, 0.05) is 32.3 Å². The second-order valence-corrected chi connectivity index (χ2v) is 6.75. The van der Waals surface area contributed by atoms with E-state index >= 15 is 0 Å². The Labute approximate surface area is 163 Å². The minimum atomic E-state index is 0. The Morgan fingerprint density at radius 1 is 1.24 bits per heavy atom. The summed E-state index contributed by atoms with van der Waals surface area (Å²) < 4.78 is 0. The first-order valence-electron chi connectivity index (χ1n) is 8.98. The molecule has 1 unspecified atom stereocenters. The third-order valence-electron chi connectivity index (χ3n) is 4.92. The van der Waals surface area contributed by atoms with Crippen LogP contribution in [0.15, 0.2) is 18.3 Å². The molecule has 0 spiro atoms. The first-order chi connectivity index (χ1) is 11.3. The first-order valence-corrected chi connectivity index (χ1v) is 8.98. The maximum absolute atomic E-state index is 11.9. The van der Waals surface area contributed by atoms with Crippen molar-refractivity contribution in [3.05, 3.63) is 23.9 Å². The molecule has 0 bridgehead atoms. The van der Waals surface area contributed by atoms with Crippen molar-refractivity contribution in [2.24, 2.45) is 5.92 Å². The van der Waals surface area contributed by atoms with E-state index in [-0.39, 0.29) is 30.7 Å². The number of hydrogen-bond donors (Lipinski definition) is 2. The van der Waals surface area contributed by atoms with Crippen LogP contribution in [0.2, 0.25) is 0 Å². The Morgan fingerprint density at radius 3 is 2.68 bits per heavy atom. The fraction of sp³-hybridized carbons (Fsp3) is 0.667. The monoisotopic (exact) mass is 388 g/mol. The molecule has 2 aliphatic heterocycles. The molecule has 2 fully saturated rings. The van der Waals surface area contributed by atoms with Crippen molar-refractivity contribution in [1.29, 1.82) is 0 Å². The van der Waals surface area contributed by atoms with Gasteiger partial charge in [-0.2, -0.15) is 0 Å². The molecule has 2 N–H and O–H groups in total. The maximum Gasteiger partial charge on any atom is 0.220 e. The minimum Gasteiger partial charge on any atom is -0.357 e. The van der Waals surface area contributed by atoms with E-state index in [1.807, 2.05) is 6.20 Å². The molecule has 0 aliphatic carbocycles. The molecule has 2 aliphatic rings. The largest absolute Gasteiger partial charge is 0.357 e. The van der Waals surface area contributed by atoms with Crippen molar-refractivity contribution >= 4 is 36.5 Å². The van der Waals surface area contributed by atoms with Gasteiger partial charge in [-0.3, -0.25) is 4.79 Å². The fourth-order valence-electron chi connectivity index (χ4n) is 3.42. The van der Waals surface area contributed by atoms with E-state index in [2.05, 4.69) is 32.7 Å². The Balaban J connectivity index is 0.00000156. The number of piperidine rings is 1. The predicted octanol–water partition coefficient (Wildman–Crippen LogP) is 2.92. The van der Waals surface area contributed by atoms with Crippen LogP contribution >= 0.6 is 24.8 Å². The van der Waals surface area contributed by atoms with Crippen molar-refractivity contribution in [2.45, 2.75) is 45.1 Å². The number of nitrogens with zero attached hydrogens (tertiary/aromatic N) is 2. The summed E-state index contributed by atoms with van der Waals surface area (Å²) in [5.41, 5.74) is 1.07. The third-order valence-corrected chi connectivity index (χ3v) is 4.92.